The van der Waals surface area contributed by atoms with Crippen LogP contribution in [0, 0.1) is 5.92 Å². The molecule has 2 aliphatic heterocycles. The Kier molecular flexibility index (Phi) is 4.06. The Morgan fingerprint density at radius 3 is 3.11 bits per heavy atom. The number of ether oxygens (including phenoxy) is 1. The van der Waals surface area contributed by atoms with E-state index in [9.17, 15) is 0 Å². The lowest BCUT2D eigenvalue weighted by atomic mass is 10.0. The second kappa shape index (κ2) is 5.75. The van der Waals surface area contributed by atoms with Crippen LogP contribution in [-0.2, 0) is 0 Å². The largest absolute Gasteiger partial charge is 0.470 e. The molecular weight excluding hydrogens is 266 g/mol. The molecule has 2 unspecified atom stereocenters. The number of hydrogen-bond donors (Lipinski definition) is 0. The number of nitrogens with zero attached hydrogens (tertiary/aromatic N) is 3. The quantitative estimate of drug-likeness (QED) is 0.593. The van der Waals surface area contributed by atoms with Crippen molar-refractivity contribution in [1.29, 1.82) is 0 Å². The highest BCUT2D eigenvalue weighted by Crippen LogP contribution is 2.34. The van der Waals surface area contributed by atoms with E-state index in [1.807, 2.05) is 0 Å². The Labute approximate surface area is 116 Å². The molecule has 0 saturated carbocycles. The fraction of sp³-hybridized carbons (Fsp3) is 0.833. The van der Waals surface area contributed by atoms with Gasteiger partial charge in [0.15, 0.2) is 5.03 Å². The van der Waals surface area contributed by atoms with Crippen molar-refractivity contribution in [2.45, 2.75) is 37.3 Å². The van der Waals surface area contributed by atoms with E-state index in [0.717, 1.165) is 23.2 Å². The summed E-state index contributed by atoms with van der Waals surface area (Å²) in [5.74, 6) is 2.60. The van der Waals surface area contributed by atoms with Crippen LogP contribution < -0.4 is 4.74 Å². The minimum atomic E-state index is 0.341. The maximum Gasteiger partial charge on any atom is 0.260 e. The van der Waals surface area contributed by atoms with Crippen LogP contribution in [-0.4, -0.2) is 45.1 Å². The monoisotopic (exact) mass is 285 g/mol. The Morgan fingerprint density at radius 1 is 1.44 bits per heavy atom. The summed E-state index contributed by atoms with van der Waals surface area (Å²) < 4.78 is 14.7. The molecule has 2 bridgehead atoms. The van der Waals surface area contributed by atoms with E-state index in [1.165, 1.54) is 44.1 Å². The second-order valence-electron chi connectivity index (χ2n) is 5.04. The van der Waals surface area contributed by atoms with E-state index in [2.05, 4.69) is 20.6 Å². The summed E-state index contributed by atoms with van der Waals surface area (Å²) in [7, 11) is 0. The van der Waals surface area contributed by atoms with Crippen molar-refractivity contribution in [3.63, 3.8) is 0 Å². The van der Waals surface area contributed by atoms with Gasteiger partial charge in [0, 0.05) is 19.0 Å². The van der Waals surface area contributed by atoms with Gasteiger partial charge in [-0.05, 0) is 25.1 Å². The highest BCUT2D eigenvalue weighted by atomic mass is 32.2. The van der Waals surface area contributed by atoms with Crippen molar-refractivity contribution >= 4 is 23.5 Å². The molecule has 6 heteroatoms. The topological polar surface area (TPSA) is 38.3 Å². The minimum absolute atomic E-state index is 0.341. The average Bonchev–Trinajstić information content (AvgIpc) is 3.07. The Hall–Kier alpha value is -0.330. The van der Waals surface area contributed by atoms with Gasteiger partial charge in [-0.2, -0.15) is 4.37 Å². The molecule has 3 heterocycles. The molecule has 18 heavy (non-hydrogen) atoms. The van der Waals surface area contributed by atoms with Crippen molar-refractivity contribution in [3.05, 3.63) is 0 Å². The first kappa shape index (κ1) is 12.7. The van der Waals surface area contributed by atoms with Crippen molar-refractivity contribution in [1.82, 2.24) is 13.6 Å². The van der Waals surface area contributed by atoms with Crippen molar-refractivity contribution < 1.29 is 4.74 Å². The molecule has 0 spiro atoms. The van der Waals surface area contributed by atoms with Gasteiger partial charge in [0.2, 0.25) is 0 Å². The Bertz CT molecular complexity index is 398. The van der Waals surface area contributed by atoms with E-state index < -0.39 is 0 Å². The fourth-order valence-electron chi connectivity index (χ4n) is 2.66. The second-order valence-corrected chi connectivity index (χ2v) is 6.65. The van der Waals surface area contributed by atoms with E-state index in [-0.39, 0.29) is 0 Å². The summed E-state index contributed by atoms with van der Waals surface area (Å²) in [6, 6.07) is 0. The third kappa shape index (κ3) is 2.65. The van der Waals surface area contributed by atoms with Gasteiger partial charge >= 0.3 is 0 Å². The zero-order chi connectivity index (χ0) is 12.4. The molecule has 3 rings (SSSR count). The summed E-state index contributed by atoms with van der Waals surface area (Å²) in [6.45, 7) is 5.74. The van der Waals surface area contributed by atoms with Gasteiger partial charge in [0.05, 0.1) is 11.7 Å². The van der Waals surface area contributed by atoms with Crippen LogP contribution in [0.5, 0.6) is 5.88 Å². The summed E-state index contributed by atoms with van der Waals surface area (Å²) in [5, 5.41) is 0.992. The number of unbranched alkanes of at least 4 members (excludes halogenated alkanes) is 1. The standard InChI is InChI=1S/C12H19N3OS2/c1-2-3-6-17-12-11(13-18-14-12)16-10-8-15-5-4-9(10)7-15/h9-10H,2-8H2,1H3/t9?,10-/m0/s1. The lowest BCUT2D eigenvalue weighted by Gasteiger charge is -2.22. The van der Waals surface area contributed by atoms with Crippen molar-refractivity contribution in [2.75, 3.05) is 25.4 Å². The molecule has 0 aliphatic carbocycles. The number of piperidine rings is 1. The lowest BCUT2D eigenvalue weighted by Crippen LogP contribution is -2.32. The summed E-state index contributed by atoms with van der Waals surface area (Å²) in [6.07, 6.45) is 4.07. The number of hydrogen-bond acceptors (Lipinski definition) is 6. The van der Waals surface area contributed by atoms with Crippen molar-refractivity contribution in [3.8, 4) is 5.88 Å². The molecule has 0 N–H and O–H groups in total. The first-order valence-corrected chi connectivity index (χ1v) is 8.42. The highest BCUT2D eigenvalue weighted by molar-refractivity contribution is 7.99. The van der Waals surface area contributed by atoms with E-state index >= 15 is 0 Å². The van der Waals surface area contributed by atoms with Gasteiger partial charge in [-0.3, -0.25) is 4.90 Å². The molecule has 2 saturated heterocycles. The third-order valence-corrected chi connectivity index (χ3v) is 5.36. The number of rotatable bonds is 6. The number of aromatic nitrogens is 2. The lowest BCUT2D eigenvalue weighted by molar-refractivity contribution is 0.133. The molecule has 3 atom stereocenters. The van der Waals surface area contributed by atoms with Crippen LogP contribution in [0.15, 0.2) is 5.03 Å². The van der Waals surface area contributed by atoms with Crippen LogP contribution in [0.3, 0.4) is 0 Å². The summed E-state index contributed by atoms with van der Waals surface area (Å²) in [5.41, 5.74) is 0. The van der Waals surface area contributed by atoms with Gasteiger partial charge < -0.3 is 4.74 Å². The first-order valence-electron chi connectivity index (χ1n) is 6.71. The van der Waals surface area contributed by atoms with Gasteiger partial charge in [-0.25, -0.2) is 0 Å². The molecule has 1 aromatic heterocycles. The number of thioether (sulfide) groups is 1. The van der Waals surface area contributed by atoms with Crippen LogP contribution in [0.4, 0.5) is 0 Å². The molecule has 100 valence electrons. The zero-order valence-corrected chi connectivity index (χ0v) is 12.3. The van der Waals surface area contributed by atoms with Gasteiger partial charge in [-0.1, -0.05) is 25.1 Å². The molecule has 4 nitrogen and oxygen atoms in total. The predicted octanol–water partition coefficient (Wildman–Crippen LogP) is 2.51. The molecular formula is C12H19N3OS2. The molecule has 0 radical (unpaired) electrons. The van der Waals surface area contributed by atoms with Gasteiger partial charge in [-0.15, -0.1) is 4.37 Å². The van der Waals surface area contributed by atoms with Crippen LogP contribution in [0.2, 0.25) is 0 Å². The first-order chi connectivity index (χ1) is 8.86. The fourth-order valence-corrected chi connectivity index (χ4v) is 4.27. The maximum absolute atomic E-state index is 6.09. The molecule has 0 amide bonds. The predicted molar refractivity (Wildman–Crippen MR) is 74.5 cm³/mol. The summed E-state index contributed by atoms with van der Waals surface area (Å²) in [4.78, 5) is 2.49. The van der Waals surface area contributed by atoms with E-state index in [4.69, 9.17) is 4.74 Å². The summed E-state index contributed by atoms with van der Waals surface area (Å²) >= 11 is 3.05. The SMILES string of the molecule is CCCCSc1nsnc1O[C@H]1CN2CCC1C2. The minimum Gasteiger partial charge on any atom is -0.470 e. The number of fused-ring (bicyclic) bond motifs is 2. The van der Waals surface area contributed by atoms with Gasteiger partial charge in [0.1, 0.15) is 6.10 Å². The molecule has 2 fully saturated rings. The smallest absolute Gasteiger partial charge is 0.260 e. The van der Waals surface area contributed by atoms with Crippen LogP contribution in [0.1, 0.15) is 26.2 Å². The molecule has 1 aromatic rings. The average molecular weight is 285 g/mol. The molecule has 0 aromatic carbocycles. The Balaban J connectivity index is 1.57. The zero-order valence-electron chi connectivity index (χ0n) is 10.7. The van der Waals surface area contributed by atoms with Gasteiger partial charge in [0.25, 0.3) is 5.88 Å². The molecule has 2 aliphatic rings. The van der Waals surface area contributed by atoms with E-state index in [0.29, 0.717) is 12.0 Å². The Morgan fingerprint density at radius 2 is 2.39 bits per heavy atom. The van der Waals surface area contributed by atoms with Crippen LogP contribution in [0.25, 0.3) is 0 Å². The maximum atomic E-state index is 6.09. The van der Waals surface area contributed by atoms with E-state index in [1.54, 1.807) is 11.8 Å². The normalized spacial score (nSPS) is 29.9. The third-order valence-electron chi connectivity index (χ3n) is 3.70. The highest BCUT2D eigenvalue weighted by Gasteiger charge is 2.40. The van der Waals surface area contributed by atoms with Crippen LogP contribution >= 0.6 is 23.5 Å². The van der Waals surface area contributed by atoms with Crippen molar-refractivity contribution in [2.24, 2.45) is 5.92 Å².